The third kappa shape index (κ3) is 4.05. The van der Waals surface area contributed by atoms with E-state index in [-0.39, 0.29) is 18.1 Å². The van der Waals surface area contributed by atoms with Gasteiger partial charge in [0, 0.05) is 18.0 Å². The molecular formula is C16H26N2O2S. The summed E-state index contributed by atoms with van der Waals surface area (Å²) in [6, 6.07) is 2.41. The maximum Gasteiger partial charge on any atom is 0.237 e. The molecule has 0 radical (unpaired) electrons. The molecule has 5 heteroatoms. The van der Waals surface area contributed by atoms with Crippen LogP contribution in [-0.4, -0.2) is 53.6 Å². The molecule has 1 aliphatic rings. The zero-order valence-electron chi connectivity index (χ0n) is 13.2. The Balaban J connectivity index is 1.96. The van der Waals surface area contributed by atoms with Crippen molar-refractivity contribution in [2.24, 2.45) is 0 Å². The minimum atomic E-state index is -0.311. The maximum absolute atomic E-state index is 12.6. The number of carbonyl (C=O) groups is 1. The molecule has 2 atom stereocenters. The molecular weight excluding hydrogens is 284 g/mol. The van der Waals surface area contributed by atoms with Gasteiger partial charge in [0.15, 0.2) is 0 Å². The standard InChI is InChI=1S/C16H26N2O2S/c1-4-14-13-7-10-21-15(13)6-9-18(14)16(20)11-17(3)8-5-12(2)19/h7,10,12,14,19H,4-6,8-9,11H2,1-3H3. The number of thiophene rings is 1. The fourth-order valence-corrected chi connectivity index (χ4v) is 3.87. The summed E-state index contributed by atoms with van der Waals surface area (Å²) in [4.78, 5) is 18.1. The number of hydrogen-bond donors (Lipinski definition) is 1. The number of aliphatic hydroxyl groups excluding tert-OH is 1. The second-order valence-electron chi connectivity index (χ2n) is 5.94. The van der Waals surface area contributed by atoms with E-state index in [0.717, 1.165) is 25.9 Å². The van der Waals surface area contributed by atoms with E-state index in [4.69, 9.17) is 0 Å². The Morgan fingerprint density at radius 1 is 1.62 bits per heavy atom. The summed E-state index contributed by atoms with van der Waals surface area (Å²) in [5.41, 5.74) is 1.34. The molecule has 0 saturated carbocycles. The minimum absolute atomic E-state index is 0.201. The van der Waals surface area contributed by atoms with E-state index < -0.39 is 0 Å². The quantitative estimate of drug-likeness (QED) is 0.877. The third-order valence-electron chi connectivity index (χ3n) is 4.14. The van der Waals surface area contributed by atoms with Crippen LogP contribution in [0.4, 0.5) is 0 Å². The normalized spacial score (nSPS) is 19.7. The first-order valence-corrected chi connectivity index (χ1v) is 8.63. The van der Waals surface area contributed by atoms with Gasteiger partial charge in [0.2, 0.25) is 5.91 Å². The topological polar surface area (TPSA) is 43.8 Å². The summed E-state index contributed by atoms with van der Waals surface area (Å²) in [7, 11) is 1.95. The molecule has 1 aromatic rings. The van der Waals surface area contributed by atoms with Crippen LogP contribution in [0.5, 0.6) is 0 Å². The molecule has 0 bridgehead atoms. The first-order chi connectivity index (χ1) is 10.0. The lowest BCUT2D eigenvalue weighted by Gasteiger charge is -2.36. The fraction of sp³-hybridized carbons (Fsp3) is 0.688. The minimum Gasteiger partial charge on any atom is -0.393 e. The molecule has 0 aliphatic carbocycles. The van der Waals surface area contributed by atoms with Crippen molar-refractivity contribution in [2.45, 2.75) is 45.3 Å². The Labute approximate surface area is 131 Å². The summed E-state index contributed by atoms with van der Waals surface area (Å²) in [5.74, 6) is 0.201. The Morgan fingerprint density at radius 2 is 2.38 bits per heavy atom. The highest BCUT2D eigenvalue weighted by Gasteiger charge is 2.30. The van der Waals surface area contributed by atoms with Crippen LogP contribution in [0.25, 0.3) is 0 Å². The van der Waals surface area contributed by atoms with Crippen LogP contribution >= 0.6 is 11.3 Å². The monoisotopic (exact) mass is 310 g/mol. The number of fused-ring (bicyclic) bond motifs is 1. The summed E-state index contributed by atoms with van der Waals surface area (Å²) in [6.45, 7) is 5.94. The molecule has 2 heterocycles. The predicted molar refractivity (Wildman–Crippen MR) is 86.6 cm³/mol. The molecule has 1 aliphatic heterocycles. The van der Waals surface area contributed by atoms with Gasteiger partial charge < -0.3 is 10.0 Å². The lowest BCUT2D eigenvalue weighted by molar-refractivity contribution is -0.135. The summed E-state index contributed by atoms with van der Waals surface area (Å²) in [6.07, 6.45) is 2.34. The predicted octanol–water partition coefficient (Wildman–Crippen LogP) is 2.29. The highest BCUT2D eigenvalue weighted by Crippen LogP contribution is 2.35. The summed E-state index contributed by atoms with van der Waals surface area (Å²) < 4.78 is 0. The highest BCUT2D eigenvalue weighted by molar-refractivity contribution is 7.10. The maximum atomic E-state index is 12.6. The molecule has 0 aromatic carbocycles. The Bertz CT molecular complexity index is 473. The van der Waals surface area contributed by atoms with Crippen LogP contribution in [0, 0.1) is 0 Å². The lowest BCUT2D eigenvalue weighted by atomic mass is 9.97. The van der Waals surface area contributed by atoms with E-state index >= 15 is 0 Å². The molecule has 0 spiro atoms. The van der Waals surface area contributed by atoms with E-state index in [9.17, 15) is 9.90 Å². The van der Waals surface area contributed by atoms with Crippen molar-refractivity contribution in [3.8, 4) is 0 Å². The Kier molecular flexibility index (Phi) is 5.79. The number of aliphatic hydroxyl groups is 1. The van der Waals surface area contributed by atoms with Gasteiger partial charge in [0.1, 0.15) is 0 Å². The van der Waals surface area contributed by atoms with E-state index in [1.165, 1.54) is 10.4 Å². The van der Waals surface area contributed by atoms with Gasteiger partial charge in [-0.1, -0.05) is 6.92 Å². The van der Waals surface area contributed by atoms with Crippen molar-refractivity contribution in [2.75, 3.05) is 26.7 Å². The molecule has 1 amide bonds. The van der Waals surface area contributed by atoms with Gasteiger partial charge in [-0.2, -0.15) is 0 Å². The second kappa shape index (κ2) is 7.38. The first kappa shape index (κ1) is 16.5. The van der Waals surface area contributed by atoms with Gasteiger partial charge in [0.25, 0.3) is 0 Å². The zero-order chi connectivity index (χ0) is 15.4. The zero-order valence-corrected chi connectivity index (χ0v) is 14.0. The fourth-order valence-electron chi connectivity index (χ4n) is 2.94. The number of carbonyl (C=O) groups excluding carboxylic acids is 1. The molecule has 21 heavy (non-hydrogen) atoms. The molecule has 2 unspecified atom stereocenters. The summed E-state index contributed by atoms with van der Waals surface area (Å²) in [5, 5.41) is 11.5. The average Bonchev–Trinajstić information content (AvgIpc) is 2.92. The number of rotatable bonds is 6. The van der Waals surface area contributed by atoms with Crippen molar-refractivity contribution in [1.29, 1.82) is 0 Å². The van der Waals surface area contributed by atoms with Gasteiger partial charge in [-0.05, 0) is 50.2 Å². The molecule has 0 saturated heterocycles. The van der Waals surface area contributed by atoms with Crippen molar-refractivity contribution in [3.63, 3.8) is 0 Å². The van der Waals surface area contributed by atoms with Crippen LogP contribution in [-0.2, 0) is 11.2 Å². The molecule has 118 valence electrons. The van der Waals surface area contributed by atoms with Crippen LogP contribution in [0.3, 0.4) is 0 Å². The Morgan fingerprint density at radius 3 is 3.05 bits per heavy atom. The Hall–Kier alpha value is -0.910. The first-order valence-electron chi connectivity index (χ1n) is 7.75. The van der Waals surface area contributed by atoms with Gasteiger partial charge in [-0.3, -0.25) is 9.69 Å². The molecule has 2 rings (SSSR count). The van der Waals surface area contributed by atoms with Gasteiger partial charge in [0.05, 0.1) is 18.7 Å². The highest BCUT2D eigenvalue weighted by atomic mass is 32.1. The van der Waals surface area contributed by atoms with Crippen molar-refractivity contribution in [1.82, 2.24) is 9.80 Å². The van der Waals surface area contributed by atoms with Crippen LogP contribution in [0.15, 0.2) is 11.4 Å². The molecule has 0 fully saturated rings. The third-order valence-corrected chi connectivity index (χ3v) is 5.13. The largest absolute Gasteiger partial charge is 0.393 e. The van der Waals surface area contributed by atoms with Crippen molar-refractivity contribution < 1.29 is 9.90 Å². The smallest absolute Gasteiger partial charge is 0.237 e. The van der Waals surface area contributed by atoms with Crippen molar-refractivity contribution in [3.05, 3.63) is 21.9 Å². The number of hydrogen-bond acceptors (Lipinski definition) is 4. The number of likely N-dealkylation sites (N-methyl/N-ethyl adjacent to an activating group) is 1. The van der Waals surface area contributed by atoms with Gasteiger partial charge >= 0.3 is 0 Å². The van der Waals surface area contributed by atoms with Gasteiger partial charge in [-0.25, -0.2) is 0 Å². The molecule has 1 N–H and O–H groups in total. The number of nitrogens with zero attached hydrogens (tertiary/aromatic N) is 2. The van der Waals surface area contributed by atoms with Crippen LogP contribution in [0.2, 0.25) is 0 Å². The SMILES string of the molecule is CCC1c2ccsc2CCN1C(=O)CN(C)CCC(C)O. The van der Waals surface area contributed by atoms with Crippen LogP contribution in [0.1, 0.15) is 43.2 Å². The second-order valence-corrected chi connectivity index (χ2v) is 6.94. The lowest BCUT2D eigenvalue weighted by Crippen LogP contribution is -2.44. The molecule has 1 aromatic heterocycles. The summed E-state index contributed by atoms with van der Waals surface area (Å²) >= 11 is 1.81. The average molecular weight is 310 g/mol. The van der Waals surface area contributed by atoms with E-state index in [1.807, 2.05) is 28.2 Å². The number of amides is 1. The van der Waals surface area contributed by atoms with E-state index in [1.54, 1.807) is 6.92 Å². The van der Waals surface area contributed by atoms with E-state index in [0.29, 0.717) is 13.0 Å². The van der Waals surface area contributed by atoms with Crippen molar-refractivity contribution >= 4 is 17.2 Å². The molecule has 4 nitrogen and oxygen atoms in total. The van der Waals surface area contributed by atoms with Gasteiger partial charge in [-0.15, -0.1) is 11.3 Å². The van der Waals surface area contributed by atoms with E-state index in [2.05, 4.69) is 18.4 Å². The van der Waals surface area contributed by atoms with Crippen LogP contribution < -0.4 is 0 Å².